The molecular formula is C28H29ClFN5O4. The first-order valence-corrected chi connectivity index (χ1v) is 12.7. The van der Waals surface area contributed by atoms with Gasteiger partial charge in [-0.3, -0.25) is 9.78 Å². The van der Waals surface area contributed by atoms with Gasteiger partial charge in [0, 0.05) is 50.0 Å². The summed E-state index contributed by atoms with van der Waals surface area (Å²) in [6, 6.07) is 9.80. The lowest BCUT2D eigenvalue weighted by molar-refractivity contribution is -0.111. The van der Waals surface area contributed by atoms with Crippen LogP contribution in [-0.4, -0.2) is 69.0 Å². The predicted molar refractivity (Wildman–Crippen MR) is 148 cm³/mol. The van der Waals surface area contributed by atoms with Crippen LogP contribution in [0.25, 0.3) is 10.9 Å². The van der Waals surface area contributed by atoms with Gasteiger partial charge in [-0.1, -0.05) is 17.7 Å². The molecule has 0 radical (unpaired) electrons. The standard InChI is InChI=1S/C28H29ClFN5O4/c1-35(11-13-37-2)10-3-4-25(36)34-28-24(39-20-9-12-38-17-20)8-6-21-26(18(15-31)16-32-27(21)28)33-19-5-7-23(30)22(29)14-19/h3-8,14,16,20H,9-13,17H2,1-2H3,(H,32,33)(H,34,36)/b4-3+/t20-/m0/s1. The molecule has 9 nitrogen and oxygen atoms in total. The zero-order chi connectivity index (χ0) is 27.8. The maximum Gasteiger partial charge on any atom is 0.248 e. The van der Waals surface area contributed by atoms with Crippen LogP contribution >= 0.6 is 11.6 Å². The lowest BCUT2D eigenvalue weighted by Crippen LogP contribution is -2.23. The molecule has 1 aliphatic heterocycles. The van der Waals surface area contributed by atoms with Gasteiger partial charge >= 0.3 is 0 Å². The normalized spacial score (nSPS) is 15.1. The zero-order valence-electron chi connectivity index (χ0n) is 21.7. The first-order chi connectivity index (χ1) is 18.9. The maximum absolute atomic E-state index is 13.7. The number of nitrogens with zero attached hydrogens (tertiary/aromatic N) is 3. The molecule has 1 aromatic heterocycles. The minimum absolute atomic E-state index is 0.0565. The number of pyridine rings is 1. The highest BCUT2D eigenvalue weighted by molar-refractivity contribution is 6.31. The summed E-state index contributed by atoms with van der Waals surface area (Å²) in [6.07, 6.45) is 5.18. The van der Waals surface area contributed by atoms with E-state index in [0.29, 0.717) is 60.1 Å². The van der Waals surface area contributed by atoms with Crippen molar-refractivity contribution in [3.8, 4) is 11.8 Å². The van der Waals surface area contributed by atoms with Crippen LogP contribution in [0.5, 0.6) is 5.75 Å². The number of fused-ring (bicyclic) bond motifs is 1. The number of benzene rings is 2. The first-order valence-electron chi connectivity index (χ1n) is 12.4. The predicted octanol–water partition coefficient (Wildman–Crippen LogP) is 4.88. The van der Waals surface area contributed by atoms with E-state index in [0.717, 1.165) is 13.0 Å². The van der Waals surface area contributed by atoms with Gasteiger partial charge in [0.2, 0.25) is 5.91 Å². The number of amides is 1. The summed E-state index contributed by atoms with van der Waals surface area (Å²) in [5, 5.41) is 16.3. The third-order valence-electron chi connectivity index (χ3n) is 6.10. The van der Waals surface area contributed by atoms with Crippen LogP contribution in [-0.2, 0) is 14.3 Å². The Morgan fingerprint density at radius 3 is 2.92 bits per heavy atom. The van der Waals surface area contributed by atoms with E-state index in [1.54, 1.807) is 25.3 Å². The third kappa shape index (κ3) is 7.22. The molecule has 0 spiro atoms. The van der Waals surface area contributed by atoms with E-state index in [-0.39, 0.29) is 22.6 Å². The van der Waals surface area contributed by atoms with Gasteiger partial charge in [-0.15, -0.1) is 0 Å². The lowest BCUT2D eigenvalue weighted by atomic mass is 10.1. The van der Waals surface area contributed by atoms with Gasteiger partial charge < -0.3 is 29.7 Å². The Hall–Kier alpha value is -3.75. The number of halogens is 2. The van der Waals surface area contributed by atoms with Crippen LogP contribution in [0.3, 0.4) is 0 Å². The van der Waals surface area contributed by atoms with Crippen molar-refractivity contribution in [1.82, 2.24) is 9.88 Å². The maximum atomic E-state index is 13.7. The highest BCUT2D eigenvalue weighted by atomic mass is 35.5. The average molecular weight is 554 g/mol. The number of nitriles is 1. The third-order valence-corrected chi connectivity index (χ3v) is 6.39. The van der Waals surface area contributed by atoms with Crippen LogP contribution in [0.4, 0.5) is 21.5 Å². The van der Waals surface area contributed by atoms with E-state index < -0.39 is 5.82 Å². The van der Waals surface area contributed by atoms with Crippen LogP contribution in [0.2, 0.25) is 5.02 Å². The second-order valence-electron chi connectivity index (χ2n) is 9.00. The molecule has 2 heterocycles. The van der Waals surface area contributed by atoms with Crippen molar-refractivity contribution >= 4 is 45.5 Å². The van der Waals surface area contributed by atoms with Crippen molar-refractivity contribution in [2.75, 3.05) is 57.7 Å². The van der Waals surface area contributed by atoms with E-state index in [2.05, 4.69) is 21.7 Å². The fraction of sp³-hybridized carbons (Fsp3) is 0.321. The zero-order valence-corrected chi connectivity index (χ0v) is 22.4. The molecule has 1 atom stereocenters. The largest absolute Gasteiger partial charge is 0.486 e. The number of likely N-dealkylation sites (N-methyl/N-ethyl adjacent to an activating group) is 1. The van der Waals surface area contributed by atoms with Crippen LogP contribution < -0.4 is 15.4 Å². The van der Waals surface area contributed by atoms with Crippen LogP contribution in [0.15, 0.2) is 48.7 Å². The molecular weight excluding hydrogens is 525 g/mol. The van der Waals surface area contributed by atoms with Crippen molar-refractivity contribution in [3.63, 3.8) is 0 Å². The Labute approximate surface area is 231 Å². The molecule has 11 heteroatoms. The van der Waals surface area contributed by atoms with Crippen molar-refractivity contribution in [3.05, 3.63) is 65.1 Å². The number of ether oxygens (including phenoxy) is 3. The highest BCUT2D eigenvalue weighted by Crippen LogP contribution is 2.39. The molecule has 1 aliphatic rings. The number of aromatic nitrogens is 1. The summed E-state index contributed by atoms with van der Waals surface area (Å²) in [4.78, 5) is 19.5. The molecule has 2 N–H and O–H groups in total. The summed E-state index contributed by atoms with van der Waals surface area (Å²) in [5.41, 5.74) is 1.97. The van der Waals surface area contributed by atoms with Crippen molar-refractivity contribution in [1.29, 1.82) is 5.26 Å². The Bertz CT molecular complexity index is 1400. The van der Waals surface area contributed by atoms with Gasteiger partial charge in [-0.05, 0) is 37.4 Å². The van der Waals surface area contributed by atoms with Crippen LogP contribution in [0, 0.1) is 17.1 Å². The number of carbonyl (C=O) groups is 1. The molecule has 3 aromatic rings. The van der Waals surface area contributed by atoms with Crippen LogP contribution in [0.1, 0.15) is 12.0 Å². The Kier molecular flexibility index (Phi) is 9.68. The molecule has 204 valence electrons. The highest BCUT2D eigenvalue weighted by Gasteiger charge is 2.22. The van der Waals surface area contributed by atoms with E-state index in [1.807, 2.05) is 11.9 Å². The summed E-state index contributed by atoms with van der Waals surface area (Å²) in [7, 11) is 3.57. The number of hydrogen-bond donors (Lipinski definition) is 2. The van der Waals surface area contributed by atoms with Gasteiger partial charge in [-0.2, -0.15) is 5.26 Å². The molecule has 1 fully saturated rings. The molecule has 4 rings (SSSR count). The monoisotopic (exact) mass is 553 g/mol. The Balaban J connectivity index is 1.69. The Morgan fingerprint density at radius 1 is 1.36 bits per heavy atom. The SMILES string of the molecule is COCCN(C)C/C=C/C(=O)Nc1c(O[C@H]2CCOC2)ccc2c(Nc3ccc(F)c(Cl)c3)c(C#N)cnc12. The first kappa shape index (κ1) is 28.3. The van der Waals surface area contributed by atoms with Gasteiger partial charge in [0.1, 0.15) is 29.4 Å². The van der Waals surface area contributed by atoms with Gasteiger partial charge in [0.25, 0.3) is 0 Å². The van der Waals surface area contributed by atoms with Gasteiger partial charge in [0.05, 0.1) is 41.6 Å². The number of hydrogen-bond acceptors (Lipinski definition) is 8. The van der Waals surface area contributed by atoms with E-state index >= 15 is 0 Å². The fourth-order valence-electron chi connectivity index (χ4n) is 4.03. The number of carbonyl (C=O) groups excluding carboxylic acids is 1. The Morgan fingerprint density at radius 2 is 2.21 bits per heavy atom. The van der Waals surface area contributed by atoms with E-state index in [4.69, 9.17) is 25.8 Å². The molecule has 0 unspecified atom stereocenters. The number of nitrogens with one attached hydrogen (secondary N) is 2. The molecule has 1 saturated heterocycles. The summed E-state index contributed by atoms with van der Waals surface area (Å²) < 4.78 is 30.4. The molecule has 0 saturated carbocycles. The van der Waals surface area contributed by atoms with E-state index in [9.17, 15) is 14.4 Å². The number of methoxy groups -OCH3 is 1. The molecule has 39 heavy (non-hydrogen) atoms. The van der Waals surface area contributed by atoms with E-state index in [1.165, 1.54) is 30.5 Å². The molecule has 2 aromatic carbocycles. The second-order valence-corrected chi connectivity index (χ2v) is 9.40. The number of rotatable bonds is 11. The molecule has 1 amide bonds. The summed E-state index contributed by atoms with van der Waals surface area (Å²) in [5.74, 6) is -0.478. The van der Waals surface area contributed by atoms with Crippen molar-refractivity contribution in [2.24, 2.45) is 0 Å². The topological polar surface area (TPSA) is 109 Å². The average Bonchev–Trinajstić information content (AvgIpc) is 3.44. The quantitative estimate of drug-likeness (QED) is 0.323. The second kappa shape index (κ2) is 13.4. The van der Waals surface area contributed by atoms with Crippen molar-refractivity contribution in [2.45, 2.75) is 12.5 Å². The summed E-state index contributed by atoms with van der Waals surface area (Å²) in [6.45, 7) is 2.92. The minimum atomic E-state index is -0.553. The molecule has 0 bridgehead atoms. The van der Waals surface area contributed by atoms with Gasteiger partial charge in [0.15, 0.2) is 0 Å². The van der Waals surface area contributed by atoms with Gasteiger partial charge in [-0.25, -0.2) is 4.39 Å². The van der Waals surface area contributed by atoms with Crippen molar-refractivity contribution < 1.29 is 23.4 Å². The minimum Gasteiger partial charge on any atom is -0.486 e. The lowest BCUT2D eigenvalue weighted by Gasteiger charge is -2.19. The smallest absolute Gasteiger partial charge is 0.248 e. The summed E-state index contributed by atoms with van der Waals surface area (Å²) >= 11 is 5.96. The molecule has 0 aliphatic carbocycles. The number of anilines is 3. The fourth-order valence-corrected chi connectivity index (χ4v) is 4.21.